The summed E-state index contributed by atoms with van der Waals surface area (Å²) < 4.78 is 43.5. The van der Waals surface area contributed by atoms with Crippen LogP contribution in [0.3, 0.4) is 0 Å². The van der Waals surface area contributed by atoms with Gasteiger partial charge in [-0.2, -0.15) is 13.2 Å². The summed E-state index contributed by atoms with van der Waals surface area (Å²) in [7, 11) is 0. The van der Waals surface area contributed by atoms with Gasteiger partial charge < -0.3 is 10.1 Å². The average molecular weight is 371 g/mol. The molecule has 0 saturated carbocycles. The summed E-state index contributed by atoms with van der Waals surface area (Å²) >= 11 is 1.93. The summed E-state index contributed by atoms with van der Waals surface area (Å²) in [6.45, 7) is 1.69. The van der Waals surface area contributed by atoms with Gasteiger partial charge in [-0.15, -0.1) is 0 Å². The van der Waals surface area contributed by atoms with Gasteiger partial charge in [-0.3, -0.25) is 0 Å². The fourth-order valence-electron chi connectivity index (χ4n) is 1.78. The number of benzene rings is 1. The van der Waals surface area contributed by atoms with E-state index in [2.05, 4.69) is 5.32 Å². The first-order valence-electron chi connectivity index (χ1n) is 5.13. The lowest BCUT2D eigenvalue weighted by atomic mass is 10.0. The van der Waals surface area contributed by atoms with Gasteiger partial charge in [0.1, 0.15) is 6.10 Å². The molecule has 1 unspecified atom stereocenters. The van der Waals surface area contributed by atoms with Crippen LogP contribution in [-0.4, -0.2) is 12.1 Å². The molecule has 1 aromatic carbocycles. The third kappa shape index (κ3) is 2.55. The van der Waals surface area contributed by atoms with Crippen molar-refractivity contribution in [1.82, 2.24) is 5.32 Å². The van der Waals surface area contributed by atoms with E-state index in [1.165, 1.54) is 6.07 Å². The molecule has 1 amide bonds. The topological polar surface area (TPSA) is 38.3 Å². The number of rotatable bonds is 1. The summed E-state index contributed by atoms with van der Waals surface area (Å²) in [5.74, 6) is 0. The molecule has 0 aliphatic carbocycles. The highest BCUT2D eigenvalue weighted by molar-refractivity contribution is 14.1. The van der Waals surface area contributed by atoms with Crippen LogP contribution in [0.15, 0.2) is 18.2 Å². The predicted molar refractivity (Wildman–Crippen MR) is 66.0 cm³/mol. The van der Waals surface area contributed by atoms with E-state index in [1.807, 2.05) is 22.6 Å². The lowest BCUT2D eigenvalue weighted by Gasteiger charge is -2.17. The fraction of sp³-hybridized carbons (Fsp3) is 0.364. The zero-order chi connectivity index (χ0) is 13.5. The van der Waals surface area contributed by atoms with Crippen molar-refractivity contribution in [2.24, 2.45) is 0 Å². The highest BCUT2D eigenvalue weighted by atomic mass is 127. The van der Waals surface area contributed by atoms with Crippen molar-refractivity contribution < 1.29 is 22.7 Å². The van der Waals surface area contributed by atoms with Crippen molar-refractivity contribution in [3.8, 4) is 0 Å². The SMILES string of the molecule is CC1NC(=O)O[C@H]1c1cc(C(F)(F)F)ccc1I. The van der Waals surface area contributed by atoms with E-state index in [0.29, 0.717) is 9.13 Å². The second kappa shape index (κ2) is 4.60. The molecule has 2 atom stereocenters. The van der Waals surface area contributed by atoms with E-state index in [-0.39, 0.29) is 6.04 Å². The number of ether oxygens (including phenoxy) is 1. The number of alkyl halides is 3. The Morgan fingerprint density at radius 1 is 1.39 bits per heavy atom. The third-order valence-corrected chi connectivity index (χ3v) is 3.65. The molecule has 1 saturated heterocycles. The lowest BCUT2D eigenvalue weighted by molar-refractivity contribution is -0.137. The van der Waals surface area contributed by atoms with Gasteiger partial charge in [0.25, 0.3) is 0 Å². The molecule has 0 bridgehead atoms. The third-order valence-electron chi connectivity index (χ3n) is 2.66. The molecule has 1 aliphatic rings. The van der Waals surface area contributed by atoms with Crippen LogP contribution in [0.25, 0.3) is 0 Å². The van der Waals surface area contributed by atoms with Gasteiger partial charge in [0.2, 0.25) is 0 Å². The number of carbonyl (C=O) groups is 1. The molecule has 1 aliphatic heterocycles. The molecule has 1 fully saturated rings. The molecule has 0 spiro atoms. The van der Waals surface area contributed by atoms with Crippen LogP contribution >= 0.6 is 22.6 Å². The van der Waals surface area contributed by atoms with E-state index in [9.17, 15) is 18.0 Å². The minimum Gasteiger partial charge on any atom is -0.439 e. The summed E-state index contributed by atoms with van der Waals surface area (Å²) in [4.78, 5) is 11.1. The first-order valence-corrected chi connectivity index (χ1v) is 6.20. The smallest absolute Gasteiger partial charge is 0.416 e. The van der Waals surface area contributed by atoms with Crippen LogP contribution in [0.2, 0.25) is 0 Å². The fourth-order valence-corrected chi connectivity index (χ4v) is 2.43. The monoisotopic (exact) mass is 371 g/mol. The molecule has 18 heavy (non-hydrogen) atoms. The van der Waals surface area contributed by atoms with Gasteiger partial charge in [0.15, 0.2) is 0 Å². The van der Waals surface area contributed by atoms with E-state index in [1.54, 1.807) is 6.92 Å². The molecule has 3 nitrogen and oxygen atoms in total. The molecule has 7 heteroatoms. The Balaban J connectivity index is 2.41. The minimum atomic E-state index is -4.40. The van der Waals surface area contributed by atoms with Crippen molar-refractivity contribution in [2.45, 2.75) is 25.2 Å². The van der Waals surface area contributed by atoms with Gasteiger partial charge in [0, 0.05) is 9.13 Å². The molecule has 1 N–H and O–H groups in total. The van der Waals surface area contributed by atoms with Crippen LogP contribution in [0.4, 0.5) is 18.0 Å². The van der Waals surface area contributed by atoms with Crippen LogP contribution in [0.5, 0.6) is 0 Å². The Labute approximate surface area is 115 Å². The lowest BCUT2D eigenvalue weighted by Crippen LogP contribution is -2.24. The van der Waals surface area contributed by atoms with Gasteiger partial charge in [-0.1, -0.05) is 0 Å². The highest BCUT2D eigenvalue weighted by Gasteiger charge is 2.36. The maximum atomic E-state index is 12.6. The highest BCUT2D eigenvalue weighted by Crippen LogP contribution is 2.35. The van der Waals surface area contributed by atoms with Crippen LogP contribution in [0.1, 0.15) is 24.2 Å². The van der Waals surface area contributed by atoms with Crippen LogP contribution in [-0.2, 0) is 10.9 Å². The first kappa shape index (κ1) is 13.4. The molecular formula is C11H9F3INO2. The van der Waals surface area contributed by atoms with Gasteiger partial charge in [0.05, 0.1) is 11.6 Å². The number of nitrogens with one attached hydrogen (secondary N) is 1. The quantitative estimate of drug-likeness (QED) is 0.768. The second-order valence-corrected chi connectivity index (χ2v) is 5.16. The van der Waals surface area contributed by atoms with Crippen molar-refractivity contribution in [2.75, 3.05) is 0 Å². The van der Waals surface area contributed by atoms with Crippen LogP contribution in [0, 0.1) is 3.57 Å². The normalized spacial score (nSPS) is 23.7. The van der Waals surface area contributed by atoms with Crippen molar-refractivity contribution in [3.63, 3.8) is 0 Å². The largest absolute Gasteiger partial charge is 0.439 e. The number of hydrogen-bond donors (Lipinski definition) is 1. The van der Waals surface area contributed by atoms with Gasteiger partial charge in [-0.25, -0.2) is 4.79 Å². The molecule has 1 heterocycles. The van der Waals surface area contributed by atoms with E-state index in [4.69, 9.17) is 4.74 Å². The predicted octanol–water partition coefficient (Wildman–Crippen LogP) is 3.48. The minimum absolute atomic E-state index is 0.352. The maximum Gasteiger partial charge on any atom is 0.416 e. The van der Waals surface area contributed by atoms with Gasteiger partial charge >= 0.3 is 12.3 Å². The van der Waals surface area contributed by atoms with E-state index >= 15 is 0 Å². The molecule has 98 valence electrons. The zero-order valence-corrected chi connectivity index (χ0v) is 11.4. The Morgan fingerprint density at radius 3 is 2.56 bits per heavy atom. The molecular weight excluding hydrogens is 362 g/mol. The van der Waals surface area contributed by atoms with Crippen molar-refractivity contribution >= 4 is 28.7 Å². The molecule has 0 radical (unpaired) electrons. The maximum absolute atomic E-state index is 12.6. The number of amides is 1. The van der Waals surface area contributed by atoms with Crippen molar-refractivity contribution in [1.29, 1.82) is 0 Å². The molecule has 2 rings (SSSR count). The van der Waals surface area contributed by atoms with E-state index < -0.39 is 23.9 Å². The van der Waals surface area contributed by atoms with Crippen molar-refractivity contribution in [3.05, 3.63) is 32.9 Å². The Kier molecular flexibility index (Phi) is 3.43. The number of hydrogen-bond acceptors (Lipinski definition) is 2. The first-order chi connectivity index (χ1) is 8.29. The summed E-state index contributed by atoms with van der Waals surface area (Å²) in [6, 6.07) is 3.07. The average Bonchev–Trinajstić information content (AvgIpc) is 2.56. The Hall–Kier alpha value is -0.990. The molecule has 1 aromatic rings. The number of halogens is 4. The standard InChI is InChI=1S/C11H9F3INO2/c1-5-9(18-10(17)16-5)7-4-6(11(12,13)14)2-3-8(7)15/h2-5,9H,1H3,(H,16,17)/t5?,9-/m1/s1. The number of cyclic esters (lactones) is 1. The number of alkyl carbamates (subject to hydrolysis) is 1. The summed E-state index contributed by atoms with van der Waals surface area (Å²) in [5.41, 5.74) is -0.371. The van der Waals surface area contributed by atoms with E-state index in [0.717, 1.165) is 12.1 Å². The second-order valence-electron chi connectivity index (χ2n) is 3.99. The summed E-state index contributed by atoms with van der Waals surface area (Å²) in [6.07, 6.45) is -5.70. The van der Waals surface area contributed by atoms with Crippen LogP contribution < -0.4 is 5.32 Å². The summed E-state index contributed by atoms with van der Waals surface area (Å²) in [5, 5.41) is 2.50. The zero-order valence-electron chi connectivity index (χ0n) is 9.22. The Morgan fingerprint density at radius 2 is 2.06 bits per heavy atom. The Bertz CT molecular complexity index is 490. The van der Waals surface area contributed by atoms with Gasteiger partial charge in [-0.05, 0) is 47.7 Å². The molecule has 0 aromatic heterocycles. The number of carbonyl (C=O) groups excluding carboxylic acids is 1.